The fourth-order valence-corrected chi connectivity index (χ4v) is 1.62. The number of hydrogen-bond donors (Lipinski definition) is 1. The van der Waals surface area contributed by atoms with E-state index in [1.165, 1.54) is 0 Å². The molecule has 0 aromatic rings. The lowest BCUT2D eigenvalue weighted by atomic mass is 9.91. The highest BCUT2D eigenvalue weighted by Gasteiger charge is 2.94. The van der Waals surface area contributed by atoms with Crippen molar-refractivity contribution in [3.05, 3.63) is 0 Å². The van der Waals surface area contributed by atoms with Crippen molar-refractivity contribution in [2.75, 3.05) is 6.61 Å². The number of carbonyl (C=O) groups excluding carboxylic acids is 2. The lowest BCUT2D eigenvalue weighted by Gasteiger charge is -2.40. The first kappa shape index (κ1) is 34.9. The highest BCUT2D eigenvalue weighted by molar-refractivity contribution is 5.79. The minimum Gasteiger partial charge on any atom is -0.461 e. The van der Waals surface area contributed by atoms with Crippen LogP contribution in [0.25, 0.3) is 0 Å². The molecule has 0 atom stereocenters. The molecule has 0 spiro atoms. The van der Waals surface area contributed by atoms with Gasteiger partial charge in [-0.05, 0) is 27.7 Å². The molecule has 0 rings (SSSR count). The van der Waals surface area contributed by atoms with Crippen molar-refractivity contribution in [2.24, 2.45) is 5.73 Å². The molecule has 0 aromatic heterocycles. The Labute approximate surface area is 185 Å². The molecule has 0 aliphatic rings. The molecular formula is C15H16F15NO4. The van der Waals surface area contributed by atoms with Crippen LogP contribution in [0.5, 0.6) is 0 Å². The molecule has 0 saturated heterocycles. The van der Waals surface area contributed by atoms with E-state index in [1.807, 2.05) is 0 Å². The summed E-state index contributed by atoms with van der Waals surface area (Å²) in [5.74, 6) is -51.6. The molecule has 0 aliphatic carbocycles. The average Bonchev–Trinajstić information content (AvgIpc) is 2.58. The zero-order valence-electron chi connectivity index (χ0n) is 17.6. The molecule has 0 radical (unpaired) electrons. The summed E-state index contributed by atoms with van der Waals surface area (Å²) in [4.78, 5) is 20.6. The Balaban J connectivity index is 0. The van der Waals surface area contributed by atoms with E-state index in [4.69, 9.17) is 5.73 Å². The SMILES string of the molecule is CC(C)(C)OC(N)=O.CCOC(=O)C(F)(F)C(F)(F)C(F)(F)C(F)(F)C(F)(F)C(F)(F)C(F)(F)F. The Bertz CT molecular complexity index is 756. The zero-order chi connectivity index (χ0) is 29.3. The van der Waals surface area contributed by atoms with Gasteiger partial charge in [-0.2, -0.15) is 65.9 Å². The summed E-state index contributed by atoms with van der Waals surface area (Å²) in [5, 5.41) is 0. The van der Waals surface area contributed by atoms with Gasteiger partial charge in [0.05, 0.1) is 6.61 Å². The van der Waals surface area contributed by atoms with Crippen molar-refractivity contribution < 1.29 is 84.9 Å². The molecule has 210 valence electrons. The van der Waals surface area contributed by atoms with Crippen molar-refractivity contribution in [1.29, 1.82) is 0 Å². The van der Waals surface area contributed by atoms with E-state index in [1.54, 1.807) is 20.8 Å². The summed E-state index contributed by atoms with van der Waals surface area (Å²) >= 11 is 0. The van der Waals surface area contributed by atoms with Gasteiger partial charge in [-0.3, -0.25) is 0 Å². The third-order valence-corrected chi connectivity index (χ3v) is 3.27. The summed E-state index contributed by atoms with van der Waals surface area (Å²) in [6, 6.07) is 0. The predicted octanol–water partition coefficient (Wildman–Crippen LogP) is 5.80. The summed E-state index contributed by atoms with van der Waals surface area (Å²) in [5.41, 5.74) is 4.26. The van der Waals surface area contributed by atoms with Crippen LogP contribution >= 0.6 is 0 Å². The van der Waals surface area contributed by atoms with E-state index in [-0.39, 0.29) is 0 Å². The highest BCUT2D eigenvalue weighted by atomic mass is 19.4. The molecule has 5 nitrogen and oxygen atoms in total. The van der Waals surface area contributed by atoms with E-state index >= 15 is 0 Å². The minimum atomic E-state index is -8.42. The number of primary amides is 1. The standard InChI is InChI=1S/C10H5F15O2.C5H11NO2/c1-2-27-3(26)4(11,12)5(13,14)6(15,16)7(17,18)8(19,20)9(21,22)10(23,24)25;1-5(2,3)8-4(6)7/h2H2,1H3;1-3H3,(H2,6,7). The Hall–Kier alpha value is -2.31. The molecule has 0 saturated carbocycles. The maximum atomic E-state index is 13.1. The van der Waals surface area contributed by atoms with Crippen molar-refractivity contribution in [1.82, 2.24) is 0 Å². The topological polar surface area (TPSA) is 78.6 Å². The van der Waals surface area contributed by atoms with E-state index < -0.39 is 66.0 Å². The van der Waals surface area contributed by atoms with Gasteiger partial charge in [-0.25, -0.2) is 9.59 Å². The monoisotopic (exact) mass is 559 g/mol. The van der Waals surface area contributed by atoms with Crippen LogP contribution in [0.4, 0.5) is 70.7 Å². The maximum absolute atomic E-state index is 13.1. The number of hydrogen-bond acceptors (Lipinski definition) is 4. The average molecular weight is 559 g/mol. The van der Waals surface area contributed by atoms with Gasteiger partial charge in [0.25, 0.3) is 0 Å². The van der Waals surface area contributed by atoms with Gasteiger partial charge in [0.15, 0.2) is 0 Å². The lowest BCUT2D eigenvalue weighted by molar-refractivity contribution is -0.450. The molecule has 1 amide bonds. The number of nitrogens with two attached hydrogens (primary N) is 1. The predicted molar refractivity (Wildman–Crippen MR) is 82.8 cm³/mol. The molecule has 20 heteroatoms. The fraction of sp³-hybridized carbons (Fsp3) is 0.867. The molecule has 0 aliphatic heterocycles. The van der Waals surface area contributed by atoms with Crippen molar-refractivity contribution in [2.45, 2.75) is 75.0 Å². The highest BCUT2D eigenvalue weighted by Crippen LogP contribution is 2.62. The normalized spacial score (nSPS) is 14.6. The molecule has 2 N–H and O–H groups in total. The Kier molecular flexibility index (Phi) is 9.94. The summed E-state index contributed by atoms with van der Waals surface area (Å²) in [7, 11) is 0. The first-order valence-electron chi connectivity index (χ1n) is 8.39. The van der Waals surface area contributed by atoms with Gasteiger partial charge < -0.3 is 15.2 Å². The zero-order valence-corrected chi connectivity index (χ0v) is 17.6. The van der Waals surface area contributed by atoms with Crippen LogP contribution in [0.1, 0.15) is 27.7 Å². The number of amides is 1. The van der Waals surface area contributed by atoms with Crippen LogP contribution < -0.4 is 5.73 Å². The summed E-state index contributed by atoms with van der Waals surface area (Å²) in [6.07, 6.45) is -8.40. The quantitative estimate of drug-likeness (QED) is 0.316. The third-order valence-electron chi connectivity index (χ3n) is 3.27. The molecular weight excluding hydrogens is 543 g/mol. The van der Waals surface area contributed by atoms with Crippen molar-refractivity contribution in [3.63, 3.8) is 0 Å². The number of esters is 1. The van der Waals surface area contributed by atoms with Crippen LogP contribution in [0, 0.1) is 0 Å². The number of carbonyl (C=O) groups is 2. The van der Waals surface area contributed by atoms with E-state index in [0.717, 1.165) is 0 Å². The maximum Gasteiger partial charge on any atom is 0.460 e. The molecule has 0 aromatic carbocycles. The second-order valence-corrected chi connectivity index (χ2v) is 7.20. The Morgan fingerprint density at radius 3 is 1.17 bits per heavy atom. The number of halogens is 15. The molecule has 0 fully saturated rings. The van der Waals surface area contributed by atoms with Gasteiger partial charge in [0.1, 0.15) is 5.60 Å². The minimum absolute atomic E-state index is 0.453. The van der Waals surface area contributed by atoms with E-state index in [0.29, 0.717) is 6.92 Å². The smallest absolute Gasteiger partial charge is 0.460 e. The number of ether oxygens (including phenoxy) is 2. The van der Waals surface area contributed by atoms with Crippen LogP contribution in [0.3, 0.4) is 0 Å². The van der Waals surface area contributed by atoms with Crippen molar-refractivity contribution in [3.8, 4) is 0 Å². The molecule has 35 heavy (non-hydrogen) atoms. The van der Waals surface area contributed by atoms with Gasteiger partial charge >= 0.3 is 53.8 Å². The Morgan fingerprint density at radius 2 is 0.943 bits per heavy atom. The molecule has 0 unspecified atom stereocenters. The van der Waals surface area contributed by atoms with Gasteiger partial charge in [-0.1, -0.05) is 0 Å². The number of rotatable bonds is 7. The van der Waals surface area contributed by atoms with Gasteiger partial charge in [0, 0.05) is 0 Å². The van der Waals surface area contributed by atoms with Crippen LogP contribution in [0.2, 0.25) is 0 Å². The largest absolute Gasteiger partial charge is 0.461 e. The van der Waals surface area contributed by atoms with Crippen LogP contribution in [-0.2, 0) is 14.3 Å². The molecule has 0 bridgehead atoms. The van der Waals surface area contributed by atoms with E-state index in [9.17, 15) is 75.4 Å². The molecule has 0 heterocycles. The third kappa shape index (κ3) is 6.47. The van der Waals surface area contributed by atoms with Gasteiger partial charge in [0.2, 0.25) is 0 Å². The lowest BCUT2D eigenvalue weighted by Crippen LogP contribution is -2.73. The fourth-order valence-electron chi connectivity index (χ4n) is 1.62. The van der Waals surface area contributed by atoms with Crippen LogP contribution in [-0.4, -0.2) is 66.0 Å². The van der Waals surface area contributed by atoms with Crippen LogP contribution in [0.15, 0.2) is 0 Å². The summed E-state index contributed by atoms with van der Waals surface area (Å²) in [6.45, 7) is 4.67. The second-order valence-electron chi connectivity index (χ2n) is 7.20. The summed E-state index contributed by atoms with van der Waals surface area (Å²) < 4.78 is 198. The number of alkyl halides is 15. The first-order valence-corrected chi connectivity index (χ1v) is 8.39. The van der Waals surface area contributed by atoms with Gasteiger partial charge in [-0.15, -0.1) is 0 Å². The Morgan fingerprint density at radius 1 is 0.629 bits per heavy atom. The first-order chi connectivity index (χ1) is 14.9. The second kappa shape index (κ2) is 9.98. The van der Waals surface area contributed by atoms with Crippen molar-refractivity contribution >= 4 is 12.1 Å². The van der Waals surface area contributed by atoms with E-state index in [2.05, 4.69) is 9.47 Å².